The topological polar surface area (TPSA) is 15.3 Å². The number of hydrogen-bond acceptors (Lipinski definition) is 3. The second kappa shape index (κ2) is 7.58. The van der Waals surface area contributed by atoms with E-state index in [2.05, 4.69) is 54.7 Å². The number of rotatable bonds is 6. The highest BCUT2D eigenvalue weighted by atomic mass is 32.1. The number of thiophene rings is 1. The molecule has 0 aromatic carbocycles. The van der Waals surface area contributed by atoms with Gasteiger partial charge in [-0.1, -0.05) is 27.7 Å². The molecule has 2 rings (SSSR count). The molecule has 1 N–H and O–H groups in total. The molecule has 20 heavy (non-hydrogen) atoms. The molecule has 1 saturated heterocycles. The van der Waals surface area contributed by atoms with Crippen LogP contribution in [-0.4, -0.2) is 30.1 Å². The van der Waals surface area contributed by atoms with Crippen molar-refractivity contribution < 1.29 is 0 Å². The summed E-state index contributed by atoms with van der Waals surface area (Å²) in [6.07, 6.45) is 2.58. The van der Waals surface area contributed by atoms with Gasteiger partial charge in [0.2, 0.25) is 0 Å². The van der Waals surface area contributed by atoms with Gasteiger partial charge in [-0.15, -0.1) is 0 Å². The van der Waals surface area contributed by atoms with Crippen LogP contribution in [0.4, 0.5) is 0 Å². The summed E-state index contributed by atoms with van der Waals surface area (Å²) in [5, 5.41) is 8.27. The fraction of sp³-hybridized carbons (Fsp3) is 0.765. The normalized spacial score (nSPS) is 24.7. The molecule has 3 heteroatoms. The third-order valence-corrected chi connectivity index (χ3v) is 4.81. The van der Waals surface area contributed by atoms with Crippen LogP contribution in [-0.2, 0) is 6.54 Å². The third-order valence-electron chi connectivity index (χ3n) is 4.08. The summed E-state index contributed by atoms with van der Waals surface area (Å²) in [4.78, 5) is 2.71. The lowest BCUT2D eigenvalue weighted by Crippen LogP contribution is -2.56. The summed E-state index contributed by atoms with van der Waals surface area (Å²) >= 11 is 1.81. The average molecular weight is 295 g/mol. The Morgan fingerprint density at radius 2 is 2.00 bits per heavy atom. The molecule has 2 atom stereocenters. The maximum atomic E-state index is 3.78. The predicted octanol–water partition coefficient (Wildman–Crippen LogP) is 3.98. The molecule has 1 aromatic heterocycles. The number of nitrogens with zero attached hydrogens (tertiary/aromatic N) is 1. The van der Waals surface area contributed by atoms with Gasteiger partial charge in [-0.05, 0) is 47.1 Å². The average Bonchev–Trinajstić information content (AvgIpc) is 2.84. The molecule has 0 spiro atoms. The van der Waals surface area contributed by atoms with Gasteiger partial charge in [0.25, 0.3) is 0 Å². The van der Waals surface area contributed by atoms with Crippen LogP contribution in [0.2, 0.25) is 0 Å². The van der Waals surface area contributed by atoms with E-state index in [1.54, 1.807) is 0 Å². The van der Waals surface area contributed by atoms with E-state index in [1.807, 2.05) is 11.3 Å². The van der Waals surface area contributed by atoms with E-state index >= 15 is 0 Å². The summed E-state index contributed by atoms with van der Waals surface area (Å²) in [5.41, 5.74) is 1.48. The Morgan fingerprint density at radius 3 is 2.60 bits per heavy atom. The van der Waals surface area contributed by atoms with Gasteiger partial charge >= 0.3 is 0 Å². The van der Waals surface area contributed by atoms with Crippen molar-refractivity contribution in [3.8, 4) is 0 Å². The maximum absolute atomic E-state index is 3.78. The first-order chi connectivity index (χ1) is 9.54. The Bertz CT molecular complexity index is 372. The highest BCUT2D eigenvalue weighted by Crippen LogP contribution is 2.21. The lowest BCUT2D eigenvalue weighted by molar-refractivity contribution is 0.0999. The number of nitrogens with one attached hydrogen (secondary N) is 1. The van der Waals surface area contributed by atoms with Crippen molar-refractivity contribution in [3.05, 3.63) is 22.4 Å². The van der Waals surface area contributed by atoms with E-state index in [0.717, 1.165) is 24.9 Å². The van der Waals surface area contributed by atoms with Crippen molar-refractivity contribution in [1.82, 2.24) is 10.2 Å². The summed E-state index contributed by atoms with van der Waals surface area (Å²) in [6.45, 7) is 12.8. The Hall–Kier alpha value is -0.380. The lowest BCUT2D eigenvalue weighted by atomic mass is 9.95. The van der Waals surface area contributed by atoms with E-state index < -0.39 is 0 Å². The molecule has 0 aliphatic carbocycles. The first-order valence-electron chi connectivity index (χ1n) is 8.03. The van der Waals surface area contributed by atoms with Crippen molar-refractivity contribution in [2.45, 2.75) is 59.2 Å². The van der Waals surface area contributed by atoms with Gasteiger partial charge in [0.1, 0.15) is 0 Å². The van der Waals surface area contributed by atoms with E-state index in [1.165, 1.54) is 24.9 Å². The van der Waals surface area contributed by atoms with Crippen LogP contribution in [0.3, 0.4) is 0 Å². The van der Waals surface area contributed by atoms with Crippen LogP contribution in [0, 0.1) is 11.8 Å². The minimum Gasteiger partial charge on any atom is -0.311 e. The van der Waals surface area contributed by atoms with Crippen LogP contribution in [0.1, 0.15) is 46.1 Å². The molecule has 1 fully saturated rings. The molecule has 1 aliphatic heterocycles. The summed E-state index contributed by atoms with van der Waals surface area (Å²) in [7, 11) is 0. The van der Waals surface area contributed by atoms with Crippen LogP contribution in [0.5, 0.6) is 0 Å². The summed E-state index contributed by atoms with van der Waals surface area (Å²) < 4.78 is 0. The van der Waals surface area contributed by atoms with Crippen molar-refractivity contribution >= 4 is 11.3 Å². The van der Waals surface area contributed by atoms with Crippen molar-refractivity contribution in [1.29, 1.82) is 0 Å². The minimum atomic E-state index is 0.664. The monoisotopic (exact) mass is 294 g/mol. The van der Waals surface area contributed by atoms with Gasteiger partial charge in [-0.2, -0.15) is 11.3 Å². The molecule has 2 unspecified atom stereocenters. The standard InChI is InChI=1S/C17H30N2S/c1-13(2)7-16-11-19(10-15-5-6-20-12-15)17(9-18-16)8-14(3)4/h5-6,12-14,16-18H,7-11H2,1-4H3. The maximum Gasteiger partial charge on any atom is 0.0246 e. The molecule has 0 radical (unpaired) electrons. The molecular weight excluding hydrogens is 264 g/mol. The highest BCUT2D eigenvalue weighted by Gasteiger charge is 2.28. The zero-order valence-corrected chi connectivity index (χ0v) is 14.2. The Morgan fingerprint density at radius 1 is 1.25 bits per heavy atom. The fourth-order valence-corrected chi connectivity index (χ4v) is 3.90. The smallest absolute Gasteiger partial charge is 0.0246 e. The second-order valence-corrected chi connectivity index (χ2v) is 7.86. The van der Waals surface area contributed by atoms with Gasteiger partial charge in [0.05, 0.1) is 0 Å². The number of hydrogen-bond donors (Lipinski definition) is 1. The highest BCUT2D eigenvalue weighted by molar-refractivity contribution is 7.07. The minimum absolute atomic E-state index is 0.664. The van der Waals surface area contributed by atoms with Gasteiger partial charge in [0.15, 0.2) is 0 Å². The van der Waals surface area contributed by atoms with Gasteiger partial charge in [-0.3, -0.25) is 4.90 Å². The van der Waals surface area contributed by atoms with Crippen LogP contribution < -0.4 is 5.32 Å². The molecule has 1 aromatic rings. The fourth-order valence-electron chi connectivity index (χ4n) is 3.24. The van der Waals surface area contributed by atoms with E-state index in [4.69, 9.17) is 0 Å². The molecule has 114 valence electrons. The Labute approximate surface area is 128 Å². The zero-order chi connectivity index (χ0) is 14.5. The van der Waals surface area contributed by atoms with Gasteiger partial charge in [0, 0.05) is 31.7 Å². The number of piperazine rings is 1. The Kier molecular flexibility index (Phi) is 6.06. The molecule has 0 bridgehead atoms. The van der Waals surface area contributed by atoms with Crippen molar-refractivity contribution in [3.63, 3.8) is 0 Å². The lowest BCUT2D eigenvalue weighted by Gasteiger charge is -2.41. The Balaban J connectivity index is 1.98. The van der Waals surface area contributed by atoms with E-state index in [0.29, 0.717) is 12.1 Å². The van der Waals surface area contributed by atoms with Crippen LogP contribution in [0.25, 0.3) is 0 Å². The van der Waals surface area contributed by atoms with Crippen LogP contribution >= 0.6 is 11.3 Å². The predicted molar refractivity (Wildman–Crippen MR) is 89.2 cm³/mol. The molecule has 0 saturated carbocycles. The van der Waals surface area contributed by atoms with Gasteiger partial charge in [-0.25, -0.2) is 0 Å². The third kappa shape index (κ3) is 4.87. The first kappa shape index (κ1) is 16.0. The molecule has 1 aliphatic rings. The van der Waals surface area contributed by atoms with Crippen LogP contribution in [0.15, 0.2) is 16.8 Å². The molecular formula is C17H30N2S. The first-order valence-corrected chi connectivity index (χ1v) is 8.97. The summed E-state index contributed by atoms with van der Waals surface area (Å²) in [5.74, 6) is 1.55. The quantitative estimate of drug-likeness (QED) is 0.853. The summed E-state index contributed by atoms with van der Waals surface area (Å²) in [6, 6.07) is 3.63. The molecule has 2 heterocycles. The largest absolute Gasteiger partial charge is 0.311 e. The molecule has 0 amide bonds. The molecule has 2 nitrogen and oxygen atoms in total. The second-order valence-electron chi connectivity index (χ2n) is 7.08. The van der Waals surface area contributed by atoms with Crippen molar-refractivity contribution in [2.24, 2.45) is 11.8 Å². The SMILES string of the molecule is CC(C)CC1CN(Cc2ccsc2)C(CC(C)C)CN1. The van der Waals surface area contributed by atoms with E-state index in [9.17, 15) is 0 Å². The van der Waals surface area contributed by atoms with E-state index in [-0.39, 0.29) is 0 Å². The van der Waals surface area contributed by atoms with Crippen molar-refractivity contribution in [2.75, 3.05) is 13.1 Å². The van der Waals surface area contributed by atoms with Gasteiger partial charge < -0.3 is 5.32 Å². The zero-order valence-electron chi connectivity index (χ0n) is 13.4.